The van der Waals surface area contributed by atoms with Gasteiger partial charge in [0.2, 0.25) is 5.91 Å². The third kappa shape index (κ3) is 3.93. The average Bonchev–Trinajstić information content (AvgIpc) is 2.55. The van der Waals surface area contributed by atoms with Gasteiger partial charge in [-0.25, -0.2) is 0 Å². The molecule has 0 radical (unpaired) electrons. The quantitative estimate of drug-likeness (QED) is 0.877. The summed E-state index contributed by atoms with van der Waals surface area (Å²) in [6.07, 6.45) is 5.32. The first-order chi connectivity index (χ1) is 11.2. The molecule has 2 fully saturated rings. The van der Waals surface area contributed by atoms with Gasteiger partial charge >= 0.3 is 0 Å². The molecule has 1 aliphatic heterocycles. The van der Waals surface area contributed by atoms with Gasteiger partial charge in [-0.1, -0.05) is 30.3 Å². The Bertz CT molecular complexity index is 507. The molecule has 1 aliphatic carbocycles. The van der Waals surface area contributed by atoms with E-state index in [1.54, 1.807) is 0 Å². The molecular formula is C19H28N2O2. The molecule has 126 valence electrons. The smallest absolute Gasteiger partial charge is 0.223 e. The number of carbonyl (C=O) groups excluding carboxylic acids is 1. The fourth-order valence-corrected chi connectivity index (χ4v) is 3.66. The normalized spacial score (nSPS) is 21.0. The Morgan fingerprint density at radius 2 is 1.96 bits per heavy atom. The van der Waals surface area contributed by atoms with E-state index in [4.69, 9.17) is 4.74 Å². The Hall–Kier alpha value is -1.39. The number of hydrogen-bond donors (Lipinski definition) is 1. The van der Waals surface area contributed by atoms with E-state index in [0.717, 1.165) is 39.1 Å². The van der Waals surface area contributed by atoms with Gasteiger partial charge in [-0.15, -0.1) is 0 Å². The van der Waals surface area contributed by atoms with E-state index >= 15 is 0 Å². The van der Waals surface area contributed by atoms with Gasteiger partial charge < -0.3 is 10.1 Å². The first kappa shape index (κ1) is 16.5. The lowest BCUT2D eigenvalue weighted by atomic mass is 9.75. The highest BCUT2D eigenvalue weighted by molar-refractivity contribution is 5.78. The zero-order chi connectivity index (χ0) is 16.1. The van der Waals surface area contributed by atoms with Crippen molar-refractivity contribution in [1.29, 1.82) is 0 Å². The van der Waals surface area contributed by atoms with Gasteiger partial charge in [-0.3, -0.25) is 9.69 Å². The number of rotatable bonds is 6. The van der Waals surface area contributed by atoms with E-state index < -0.39 is 0 Å². The van der Waals surface area contributed by atoms with Crippen LogP contribution in [-0.2, 0) is 16.1 Å². The van der Waals surface area contributed by atoms with Crippen molar-refractivity contribution in [3.8, 4) is 0 Å². The summed E-state index contributed by atoms with van der Waals surface area (Å²) in [4.78, 5) is 14.8. The Kier molecular flexibility index (Phi) is 5.34. The number of benzene rings is 1. The van der Waals surface area contributed by atoms with Crippen molar-refractivity contribution in [1.82, 2.24) is 10.2 Å². The first-order valence-electron chi connectivity index (χ1n) is 8.80. The summed E-state index contributed by atoms with van der Waals surface area (Å²) in [6, 6.07) is 10.6. The Balaban J connectivity index is 1.54. The molecule has 0 spiro atoms. The van der Waals surface area contributed by atoms with Gasteiger partial charge in [0.1, 0.15) is 0 Å². The molecule has 1 heterocycles. The van der Waals surface area contributed by atoms with Crippen molar-refractivity contribution < 1.29 is 9.53 Å². The molecule has 0 bridgehead atoms. The van der Waals surface area contributed by atoms with Crippen LogP contribution in [0.3, 0.4) is 0 Å². The van der Waals surface area contributed by atoms with Crippen LogP contribution in [0.1, 0.15) is 37.7 Å². The summed E-state index contributed by atoms with van der Waals surface area (Å²) in [6.45, 7) is 3.15. The number of likely N-dealkylation sites (N-methyl/N-ethyl adjacent to an activating group) is 1. The lowest BCUT2D eigenvalue weighted by Gasteiger charge is -2.49. The van der Waals surface area contributed by atoms with Crippen LogP contribution in [0.4, 0.5) is 0 Å². The second-order valence-corrected chi connectivity index (χ2v) is 7.02. The number of nitrogens with one attached hydrogen (secondary N) is 1. The van der Waals surface area contributed by atoms with Crippen LogP contribution in [0.5, 0.6) is 0 Å². The molecule has 1 aromatic rings. The summed E-state index contributed by atoms with van der Waals surface area (Å²) in [5.41, 5.74) is 1.47. The molecule has 4 nitrogen and oxygen atoms in total. The number of ether oxygens (including phenoxy) is 1. The minimum Gasteiger partial charge on any atom is -0.381 e. The second-order valence-electron chi connectivity index (χ2n) is 7.02. The van der Waals surface area contributed by atoms with E-state index in [-0.39, 0.29) is 17.4 Å². The van der Waals surface area contributed by atoms with Crippen molar-refractivity contribution in [3.63, 3.8) is 0 Å². The molecule has 1 N–H and O–H groups in total. The fraction of sp³-hybridized carbons (Fsp3) is 0.632. The van der Waals surface area contributed by atoms with E-state index in [0.29, 0.717) is 0 Å². The Labute approximate surface area is 139 Å². The molecule has 1 aromatic carbocycles. The summed E-state index contributed by atoms with van der Waals surface area (Å²) >= 11 is 0. The number of carbonyl (C=O) groups is 1. The minimum absolute atomic E-state index is 0.136. The number of nitrogens with zero attached hydrogens (tertiary/aromatic N) is 1. The molecule has 0 atom stereocenters. The van der Waals surface area contributed by atoms with Crippen molar-refractivity contribution in [2.75, 3.05) is 26.8 Å². The highest BCUT2D eigenvalue weighted by atomic mass is 16.5. The van der Waals surface area contributed by atoms with Gasteiger partial charge in [-0.2, -0.15) is 0 Å². The molecule has 2 aliphatic rings. The van der Waals surface area contributed by atoms with E-state index in [2.05, 4.69) is 47.6 Å². The first-order valence-corrected chi connectivity index (χ1v) is 8.80. The lowest BCUT2D eigenvalue weighted by molar-refractivity contribution is -0.129. The number of amides is 1. The van der Waals surface area contributed by atoms with Gasteiger partial charge in [0.05, 0.1) is 0 Å². The maximum atomic E-state index is 12.4. The van der Waals surface area contributed by atoms with Gasteiger partial charge in [0.15, 0.2) is 0 Å². The van der Waals surface area contributed by atoms with Crippen LogP contribution in [0.2, 0.25) is 0 Å². The second kappa shape index (κ2) is 7.45. The Morgan fingerprint density at radius 3 is 2.57 bits per heavy atom. The predicted octanol–water partition coefficient (Wildman–Crippen LogP) is 2.58. The van der Waals surface area contributed by atoms with Crippen molar-refractivity contribution in [2.24, 2.45) is 5.92 Å². The van der Waals surface area contributed by atoms with Crippen molar-refractivity contribution >= 4 is 5.91 Å². The van der Waals surface area contributed by atoms with Gasteiger partial charge in [-0.05, 0) is 44.7 Å². The highest BCUT2D eigenvalue weighted by Gasteiger charge is 2.41. The van der Waals surface area contributed by atoms with E-state index in [1.807, 2.05) is 0 Å². The van der Waals surface area contributed by atoms with Crippen LogP contribution in [0.25, 0.3) is 0 Å². The molecule has 23 heavy (non-hydrogen) atoms. The zero-order valence-corrected chi connectivity index (χ0v) is 14.1. The minimum atomic E-state index is 0.136. The summed E-state index contributed by atoms with van der Waals surface area (Å²) in [5, 5.41) is 3.23. The SMILES string of the molecule is CN(Cc1ccccc1)C1(CNC(=O)C2CCOCC2)CCC1. The monoisotopic (exact) mass is 316 g/mol. The van der Waals surface area contributed by atoms with Crippen LogP contribution < -0.4 is 5.32 Å². The molecule has 3 rings (SSSR count). The summed E-state index contributed by atoms with van der Waals surface area (Å²) < 4.78 is 5.34. The molecule has 1 amide bonds. The van der Waals surface area contributed by atoms with Crippen LogP contribution in [0, 0.1) is 5.92 Å². The van der Waals surface area contributed by atoms with Gasteiger partial charge in [0.25, 0.3) is 0 Å². The van der Waals surface area contributed by atoms with Crippen LogP contribution in [-0.4, -0.2) is 43.2 Å². The van der Waals surface area contributed by atoms with E-state index in [9.17, 15) is 4.79 Å². The van der Waals surface area contributed by atoms with Crippen molar-refractivity contribution in [2.45, 2.75) is 44.2 Å². The molecule has 0 aromatic heterocycles. The van der Waals surface area contributed by atoms with Gasteiger partial charge in [0, 0.05) is 37.8 Å². The topological polar surface area (TPSA) is 41.6 Å². The third-order valence-electron chi connectivity index (χ3n) is 5.54. The Morgan fingerprint density at radius 1 is 1.26 bits per heavy atom. The molecule has 0 unspecified atom stereocenters. The van der Waals surface area contributed by atoms with Crippen molar-refractivity contribution in [3.05, 3.63) is 35.9 Å². The highest BCUT2D eigenvalue weighted by Crippen LogP contribution is 2.37. The molecule has 4 heteroatoms. The molecule has 1 saturated carbocycles. The fourth-order valence-electron chi connectivity index (χ4n) is 3.66. The molecule has 1 saturated heterocycles. The zero-order valence-electron chi connectivity index (χ0n) is 14.1. The summed E-state index contributed by atoms with van der Waals surface area (Å²) in [5.74, 6) is 0.355. The largest absolute Gasteiger partial charge is 0.381 e. The maximum absolute atomic E-state index is 12.4. The summed E-state index contributed by atoms with van der Waals surface area (Å²) in [7, 11) is 2.19. The predicted molar refractivity (Wildman–Crippen MR) is 91.0 cm³/mol. The standard InChI is InChI=1S/C19H28N2O2/c1-21(14-16-6-3-2-4-7-16)19(10-5-11-19)15-20-18(22)17-8-12-23-13-9-17/h2-4,6-7,17H,5,8-15H2,1H3,(H,20,22). The van der Waals surface area contributed by atoms with Crippen LogP contribution >= 0.6 is 0 Å². The maximum Gasteiger partial charge on any atom is 0.223 e. The average molecular weight is 316 g/mol. The van der Waals surface area contributed by atoms with Crippen LogP contribution in [0.15, 0.2) is 30.3 Å². The lowest BCUT2D eigenvalue weighted by Crippen LogP contribution is -2.58. The van der Waals surface area contributed by atoms with E-state index in [1.165, 1.54) is 24.8 Å². The number of hydrogen-bond acceptors (Lipinski definition) is 3. The molecular weight excluding hydrogens is 288 g/mol. The third-order valence-corrected chi connectivity index (χ3v) is 5.54.